The largest absolute Gasteiger partial charge is 0.357 e. The monoisotopic (exact) mass is 183 g/mol. The predicted octanol–water partition coefficient (Wildman–Crippen LogP) is 1.42. The molecule has 0 heterocycles. The molecule has 0 aromatic heterocycles. The third-order valence-corrected chi connectivity index (χ3v) is 1.34. The summed E-state index contributed by atoms with van der Waals surface area (Å²) in [6.07, 6.45) is 0. The highest BCUT2D eigenvalue weighted by atomic mass is 15.3. The zero-order valence-electron chi connectivity index (χ0n) is 9.84. The standard InChI is InChI=1S/C10H21N3/c1-10(2,3)11-8-9(12(4)5)13(6)7/h1-7H3. The number of nitrogens with zero attached hydrogens (tertiary/aromatic N) is 3. The van der Waals surface area contributed by atoms with Crippen molar-refractivity contribution in [1.82, 2.24) is 9.80 Å². The zero-order valence-corrected chi connectivity index (χ0v) is 9.84. The van der Waals surface area contributed by atoms with Crippen LogP contribution in [-0.4, -0.2) is 49.4 Å². The topological polar surface area (TPSA) is 18.8 Å². The molecule has 0 aromatic rings. The molecule has 0 N–H and O–H groups in total. The molecule has 0 bridgehead atoms. The quantitative estimate of drug-likeness (QED) is 0.603. The summed E-state index contributed by atoms with van der Waals surface area (Å²) in [5.74, 6) is 4.03. The third-order valence-electron chi connectivity index (χ3n) is 1.34. The number of rotatable bonds is 2. The molecule has 0 saturated carbocycles. The molecule has 0 atom stereocenters. The van der Waals surface area contributed by atoms with Crippen molar-refractivity contribution in [2.45, 2.75) is 26.3 Å². The Bertz CT molecular complexity index is 205. The van der Waals surface area contributed by atoms with E-state index >= 15 is 0 Å². The van der Waals surface area contributed by atoms with Crippen LogP contribution in [0.5, 0.6) is 0 Å². The molecule has 0 saturated heterocycles. The van der Waals surface area contributed by atoms with E-state index < -0.39 is 0 Å². The Morgan fingerprint density at radius 2 is 1.38 bits per heavy atom. The maximum Gasteiger partial charge on any atom is 0.167 e. The van der Waals surface area contributed by atoms with Crippen molar-refractivity contribution < 1.29 is 0 Å². The Morgan fingerprint density at radius 3 is 1.62 bits per heavy atom. The summed E-state index contributed by atoms with van der Waals surface area (Å²) in [5, 5.41) is 0. The molecule has 0 spiro atoms. The lowest BCUT2D eigenvalue weighted by Crippen LogP contribution is -2.25. The Kier molecular flexibility index (Phi) is 4.02. The molecule has 0 amide bonds. The second-order valence-electron chi connectivity index (χ2n) is 4.51. The van der Waals surface area contributed by atoms with E-state index in [0.717, 1.165) is 5.82 Å². The zero-order chi connectivity index (χ0) is 10.6. The first-order valence-electron chi connectivity index (χ1n) is 4.43. The number of hydrogen-bond acceptors (Lipinski definition) is 3. The Balaban J connectivity index is 4.84. The molecular weight excluding hydrogens is 162 g/mol. The van der Waals surface area contributed by atoms with Crippen molar-refractivity contribution >= 4 is 5.87 Å². The number of hydrogen-bond donors (Lipinski definition) is 0. The lowest BCUT2D eigenvalue weighted by Gasteiger charge is -2.21. The van der Waals surface area contributed by atoms with Crippen molar-refractivity contribution in [3.05, 3.63) is 5.82 Å². The average Bonchev–Trinajstić information content (AvgIpc) is 1.82. The average molecular weight is 183 g/mol. The highest BCUT2D eigenvalue weighted by Crippen LogP contribution is 2.05. The smallest absolute Gasteiger partial charge is 0.167 e. The molecule has 0 radical (unpaired) electrons. The van der Waals surface area contributed by atoms with Gasteiger partial charge in [-0.05, 0) is 20.8 Å². The van der Waals surface area contributed by atoms with E-state index in [-0.39, 0.29) is 5.54 Å². The summed E-state index contributed by atoms with van der Waals surface area (Å²) in [6, 6.07) is 0. The summed E-state index contributed by atoms with van der Waals surface area (Å²) in [4.78, 5) is 8.32. The first-order valence-corrected chi connectivity index (χ1v) is 4.43. The van der Waals surface area contributed by atoms with Crippen LogP contribution >= 0.6 is 0 Å². The molecule has 0 rings (SSSR count). The van der Waals surface area contributed by atoms with Crippen molar-refractivity contribution in [2.24, 2.45) is 4.99 Å². The first kappa shape index (κ1) is 12.0. The second kappa shape index (κ2) is 4.33. The maximum atomic E-state index is 4.33. The normalized spacial score (nSPS) is 10.4. The first-order chi connectivity index (χ1) is 5.74. The van der Waals surface area contributed by atoms with Crippen LogP contribution in [0.25, 0.3) is 0 Å². The molecule has 0 aliphatic carbocycles. The van der Waals surface area contributed by atoms with Crippen LogP contribution in [0.1, 0.15) is 20.8 Å². The minimum absolute atomic E-state index is 0.0583. The minimum Gasteiger partial charge on any atom is -0.357 e. The van der Waals surface area contributed by atoms with Crippen LogP contribution in [0.4, 0.5) is 0 Å². The van der Waals surface area contributed by atoms with E-state index in [1.165, 1.54) is 0 Å². The molecular formula is C10H21N3. The van der Waals surface area contributed by atoms with Gasteiger partial charge in [0.05, 0.1) is 5.54 Å². The summed E-state index contributed by atoms with van der Waals surface area (Å²) in [6.45, 7) is 6.18. The van der Waals surface area contributed by atoms with Gasteiger partial charge in [0, 0.05) is 34.1 Å². The van der Waals surface area contributed by atoms with Crippen LogP contribution in [0.3, 0.4) is 0 Å². The van der Waals surface area contributed by atoms with Crippen LogP contribution in [0.15, 0.2) is 10.8 Å². The predicted molar refractivity (Wildman–Crippen MR) is 58.1 cm³/mol. The highest BCUT2D eigenvalue weighted by Gasteiger charge is 2.06. The Morgan fingerprint density at radius 1 is 1.00 bits per heavy atom. The summed E-state index contributed by atoms with van der Waals surface area (Å²) in [5.41, 5.74) is -0.0583. The van der Waals surface area contributed by atoms with Crippen LogP contribution in [-0.2, 0) is 0 Å². The summed E-state index contributed by atoms with van der Waals surface area (Å²) in [7, 11) is 7.95. The van der Waals surface area contributed by atoms with Crippen molar-refractivity contribution in [2.75, 3.05) is 28.2 Å². The minimum atomic E-state index is -0.0583. The van der Waals surface area contributed by atoms with Gasteiger partial charge in [-0.2, -0.15) is 0 Å². The number of aliphatic imine (C=N–C) groups is 1. The van der Waals surface area contributed by atoms with Crippen LogP contribution < -0.4 is 0 Å². The van der Waals surface area contributed by atoms with Gasteiger partial charge >= 0.3 is 0 Å². The maximum absolute atomic E-state index is 4.33. The fraction of sp³-hybridized carbons (Fsp3) is 0.800. The molecule has 0 aliphatic heterocycles. The SMILES string of the molecule is CN(C)C(=C=NC(C)(C)C)N(C)C. The molecule has 0 fully saturated rings. The Hall–Kier alpha value is -0.950. The summed E-state index contributed by atoms with van der Waals surface area (Å²) < 4.78 is 0. The van der Waals surface area contributed by atoms with Crippen molar-refractivity contribution in [1.29, 1.82) is 0 Å². The van der Waals surface area contributed by atoms with Gasteiger partial charge < -0.3 is 9.80 Å². The van der Waals surface area contributed by atoms with Gasteiger partial charge in [0.1, 0.15) is 0 Å². The van der Waals surface area contributed by atoms with Gasteiger partial charge in [-0.15, -0.1) is 0 Å². The van der Waals surface area contributed by atoms with Gasteiger partial charge in [-0.1, -0.05) is 0 Å². The Labute approximate surface area is 81.7 Å². The van der Waals surface area contributed by atoms with Crippen LogP contribution in [0.2, 0.25) is 0 Å². The van der Waals surface area contributed by atoms with E-state index in [2.05, 4.69) is 31.6 Å². The van der Waals surface area contributed by atoms with Gasteiger partial charge in [0.15, 0.2) is 5.82 Å². The molecule has 0 aliphatic rings. The molecule has 0 aromatic carbocycles. The van der Waals surface area contributed by atoms with E-state index in [4.69, 9.17) is 0 Å². The lowest BCUT2D eigenvalue weighted by molar-refractivity contribution is 0.351. The van der Waals surface area contributed by atoms with Crippen molar-refractivity contribution in [3.63, 3.8) is 0 Å². The third kappa shape index (κ3) is 5.31. The fourth-order valence-electron chi connectivity index (χ4n) is 0.818. The molecule has 3 nitrogen and oxygen atoms in total. The molecule has 3 heteroatoms. The van der Waals surface area contributed by atoms with Crippen molar-refractivity contribution in [3.8, 4) is 0 Å². The van der Waals surface area contributed by atoms with E-state index in [0.29, 0.717) is 0 Å². The highest BCUT2D eigenvalue weighted by molar-refractivity contribution is 5.56. The molecule has 76 valence electrons. The second-order valence-corrected chi connectivity index (χ2v) is 4.51. The van der Waals surface area contributed by atoms with Gasteiger partial charge in [0.2, 0.25) is 0 Å². The van der Waals surface area contributed by atoms with Gasteiger partial charge in [0.25, 0.3) is 0 Å². The summed E-state index contributed by atoms with van der Waals surface area (Å²) >= 11 is 0. The lowest BCUT2D eigenvalue weighted by atomic mass is 10.1. The molecule has 13 heavy (non-hydrogen) atoms. The van der Waals surface area contributed by atoms with Gasteiger partial charge in [-0.25, -0.2) is 4.99 Å². The van der Waals surface area contributed by atoms with Gasteiger partial charge in [-0.3, -0.25) is 0 Å². The van der Waals surface area contributed by atoms with E-state index in [1.807, 2.05) is 38.0 Å². The van der Waals surface area contributed by atoms with E-state index in [9.17, 15) is 0 Å². The molecule has 0 unspecified atom stereocenters. The van der Waals surface area contributed by atoms with Crippen LogP contribution in [0, 0.1) is 0 Å². The fourth-order valence-corrected chi connectivity index (χ4v) is 0.818. The van der Waals surface area contributed by atoms with E-state index in [1.54, 1.807) is 0 Å².